The van der Waals surface area contributed by atoms with E-state index in [2.05, 4.69) is 4.98 Å². The minimum Gasteiger partial charge on any atom is -0.436 e. The fourth-order valence-corrected chi connectivity index (χ4v) is 2.06. The van der Waals surface area contributed by atoms with Gasteiger partial charge < -0.3 is 4.42 Å². The van der Waals surface area contributed by atoms with Gasteiger partial charge in [-0.2, -0.15) is 4.39 Å². The topological polar surface area (TPSA) is 69.2 Å². The van der Waals surface area contributed by atoms with Crippen LogP contribution in [0.5, 0.6) is 0 Å². The van der Waals surface area contributed by atoms with Gasteiger partial charge >= 0.3 is 5.69 Å². The predicted molar refractivity (Wildman–Crippen MR) is 71.1 cm³/mol. The smallest absolute Gasteiger partial charge is 0.305 e. The summed E-state index contributed by atoms with van der Waals surface area (Å²) in [6, 6.07) is 8.88. The minimum absolute atomic E-state index is 0.000318. The molecule has 1 heterocycles. The van der Waals surface area contributed by atoms with Crippen molar-refractivity contribution in [3.05, 3.63) is 57.4 Å². The fraction of sp³-hybridized carbons (Fsp3) is 0. The van der Waals surface area contributed by atoms with Crippen molar-refractivity contribution in [2.24, 2.45) is 0 Å². The monoisotopic (exact) mass is 292 g/mol. The van der Waals surface area contributed by atoms with Crippen LogP contribution in [0.4, 0.5) is 10.1 Å². The van der Waals surface area contributed by atoms with Crippen LogP contribution in [0.25, 0.3) is 22.6 Å². The van der Waals surface area contributed by atoms with Crippen molar-refractivity contribution in [2.75, 3.05) is 0 Å². The summed E-state index contributed by atoms with van der Waals surface area (Å²) in [6.45, 7) is 0. The molecule has 0 atom stereocenters. The number of hydrogen-bond donors (Lipinski definition) is 0. The maximum Gasteiger partial charge on any atom is 0.305 e. The lowest BCUT2D eigenvalue weighted by atomic mass is 10.2. The van der Waals surface area contributed by atoms with Crippen molar-refractivity contribution >= 4 is 28.4 Å². The molecule has 0 fully saturated rings. The number of fused-ring (bicyclic) bond motifs is 1. The lowest BCUT2D eigenvalue weighted by Gasteiger charge is -2.00. The Kier molecular flexibility index (Phi) is 2.87. The molecule has 0 aliphatic rings. The number of aromatic nitrogens is 1. The second-order valence-corrected chi connectivity index (χ2v) is 4.43. The molecule has 7 heteroatoms. The summed E-state index contributed by atoms with van der Waals surface area (Å²) >= 11 is 5.91. The van der Waals surface area contributed by atoms with E-state index in [-0.39, 0.29) is 16.5 Å². The number of benzene rings is 2. The Labute approximate surface area is 116 Å². The average molecular weight is 293 g/mol. The van der Waals surface area contributed by atoms with Gasteiger partial charge in [0.15, 0.2) is 5.58 Å². The molecular formula is C13H6ClFN2O3. The summed E-state index contributed by atoms with van der Waals surface area (Å²) < 4.78 is 18.9. The number of nitro groups is 1. The van der Waals surface area contributed by atoms with E-state index in [1.807, 2.05) is 0 Å². The molecule has 0 bridgehead atoms. The number of halogens is 2. The normalized spacial score (nSPS) is 10.9. The van der Waals surface area contributed by atoms with E-state index >= 15 is 0 Å². The van der Waals surface area contributed by atoms with Gasteiger partial charge in [0, 0.05) is 12.1 Å². The van der Waals surface area contributed by atoms with Crippen LogP contribution in [0, 0.1) is 15.9 Å². The van der Waals surface area contributed by atoms with Crippen LogP contribution in [0.3, 0.4) is 0 Å². The van der Waals surface area contributed by atoms with Crippen LogP contribution in [0.1, 0.15) is 0 Å². The Balaban J connectivity index is 2.22. The third-order valence-corrected chi connectivity index (χ3v) is 3.07. The first-order valence-corrected chi connectivity index (χ1v) is 5.93. The summed E-state index contributed by atoms with van der Waals surface area (Å²) in [5, 5.41) is 10.8. The Morgan fingerprint density at radius 3 is 2.75 bits per heavy atom. The standard InChI is InChI=1S/C13H6ClFN2O3/c14-8-6-9(15)11(17(18)19)5-7(8)13-16-10-3-1-2-4-12(10)20-13/h1-6H. The van der Waals surface area contributed by atoms with Gasteiger partial charge in [-0.1, -0.05) is 23.7 Å². The number of para-hydroxylation sites is 2. The van der Waals surface area contributed by atoms with Gasteiger partial charge in [-0.25, -0.2) is 4.98 Å². The molecule has 0 saturated heterocycles. The fourth-order valence-electron chi connectivity index (χ4n) is 1.83. The summed E-state index contributed by atoms with van der Waals surface area (Å²) in [5.41, 5.74) is 0.610. The van der Waals surface area contributed by atoms with Crippen molar-refractivity contribution in [2.45, 2.75) is 0 Å². The molecule has 100 valence electrons. The zero-order chi connectivity index (χ0) is 14.3. The number of nitrogens with zero attached hydrogens (tertiary/aromatic N) is 2. The van der Waals surface area contributed by atoms with E-state index in [4.69, 9.17) is 16.0 Å². The molecule has 0 radical (unpaired) electrons. The molecule has 0 aliphatic heterocycles. The molecule has 2 aromatic carbocycles. The van der Waals surface area contributed by atoms with Crippen LogP contribution in [0.15, 0.2) is 40.8 Å². The summed E-state index contributed by atoms with van der Waals surface area (Å²) in [7, 11) is 0. The van der Waals surface area contributed by atoms with Crippen LogP contribution in [-0.4, -0.2) is 9.91 Å². The zero-order valence-corrected chi connectivity index (χ0v) is 10.6. The lowest BCUT2D eigenvalue weighted by Crippen LogP contribution is -1.94. The van der Waals surface area contributed by atoms with Gasteiger partial charge in [-0.05, 0) is 12.1 Å². The number of rotatable bonds is 2. The van der Waals surface area contributed by atoms with Crippen molar-refractivity contribution in [1.29, 1.82) is 0 Å². The highest BCUT2D eigenvalue weighted by atomic mass is 35.5. The largest absolute Gasteiger partial charge is 0.436 e. The average Bonchev–Trinajstić information content (AvgIpc) is 2.81. The molecule has 0 aliphatic carbocycles. The SMILES string of the molecule is O=[N+]([O-])c1cc(-c2nc3ccccc3o2)c(Cl)cc1F. The molecule has 0 N–H and O–H groups in total. The molecule has 20 heavy (non-hydrogen) atoms. The Bertz CT molecular complexity index is 799. The molecule has 1 aromatic heterocycles. The Morgan fingerprint density at radius 1 is 1.30 bits per heavy atom. The summed E-state index contributed by atoms with van der Waals surface area (Å²) in [4.78, 5) is 14.1. The van der Waals surface area contributed by atoms with Crippen LogP contribution in [0.2, 0.25) is 5.02 Å². The third-order valence-electron chi connectivity index (χ3n) is 2.76. The molecule has 0 amide bonds. The molecule has 0 spiro atoms. The first-order valence-electron chi connectivity index (χ1n) is 5.55. The molecule has 3 rings (SSSR count). The maximum atomic E-state index is 13.4. The van der Waals surface area contributed by atoms with Crippen LogP contribution < -0.4 is 0 Å². The van der Waals surface area contributed by atoms with Crippen molar-refractivity contribution < 1.29 is 13.7 Å². The first-order chi connectivity index (χ1) is 9.56. The van der Waals surface area contributed by atoms with E-state index < -0.39 is 16.4 Å². The maximum absolute atomic E-state index is 13.4. The second-order valence-electron chi connectivity index (χ2n) is 4.03. The van der Waals surface area contributed by atoms with Crippen molar-refractivity contribution in [1.82, 2.24) is 4.98 Å². The lowest BCUT2D eigenvalue weighted by molar-refractivity contribution is -0.387. The molecule has 0 saturated carbocycles. The summed E-state index contributed by atoms with van der Waals surface area (Å²) in [6.07, 6.45) is 0. The minimum atomic E-state index is -1.00. The highest BCUT2D eigenvalue weighted by Gasteiger charge is 2.21. The van der Waals surface area contributed by atoms with Crippen LogP contribution in [-0.2, 0) is 0 Å². The van der Waals surface area contributed by atoms with E-state index in [1.54, 1.807) is 24.3 Å². The van der Waals surface area contributed by atoms with Gasteiger partial charge in [-0.3, -0.25) is 10.1 Å². The first kappa shape index (κ1) is 12.6. The summed E-state index contributed by atoms with van der Waals surface area (Å²) in [5.74, 6) is -0.890. The second kappa shape index (κ2) is 4.57. The van der Waals surface area contributed by atoms with Crippen molar-refractivity contribution in [3.63, 3.8) is 0 Å². The zero-order valence-electron chi connectivity index (χ0n) is 9.84. The van der Waals surface area contributed by atoms with E-state index in [1.165, 1.54) is 0 Å². The van der Waals surface area contributed by atoms with Gasteiger partial charge in [0.2, 0.25) is 11.7 Å². The van der Waals surface area contributed by atoms with E-state index in [9.17, 15) is 14.5 Å². The van der Waals surface area contributed by atoms with E-state index in [0.29, 0.717) is 11.1 Å². The molecule has 3 aromatic rings. The van der Waals surface area contributed by atoms with Crippen LogP contribution >= 0.6 is 11.6 Å². The predicted octanol–water partition coefficient (Wildman–Crippen LogP) is 4.20. The molecular weight excluding hydrogens is 287 g/mol. The van der Waals surface area contributed by atoms with Crippen molar-refractivity contribution in [3.8, 4) is 11.5 Å². The number of oxazole rings is 1. The van der Waals surface area contributed by atoms with Gasteiger partial charge in [0.1, 0.15) is 5.52 Å². The van der Waals surface area contributed by atoms with Gasteiger partial charge in [0.05, 0.1) is 15.5 Å². The third kappa shape index (κ3) is 2.00. The Hall–Kier alpha value is -2.47. The quantitative estimate of drug-likeness (QED) is 0.524. The highest BCUT2D eigenvalue weighted by molar-refractivity contribution is 6.33. The highest BCUT2D eigenvalue weighted by Crippen LogP contribution is 2.34. The van der Waals surface area contributed by atoms with E-state index in [0.717, 1.165) is 12.1 Å². The molecule has 0 unspecified atom stereocenters. The number of nitro benzene ring substituents is 1. The van der Waals surface area contributed by atoms with Gasteiger partial charge in [0.25, 0.3) is 0 Å². The Morgan fingerprint density at radius 2 is 2.05 bits per heavy atom. The number of hydrogen-bond acceptors (Lipinski definition) is 4. The van der Waals surface area contributed by atoms with Gasteiger partial charge in [-0.15, -0.1) is 0 Å². The molecule has 5 nitrogen and oxygen atoms in total.